The van der Waals surface area contributed by atoms with Gasteiger partial charge in [0.2, 0.25) is 5.95 Å². The Hall–Kier alpha value is -1.85. The van der Waals surface area contributed by atoms with Gasteiger partial charge in [-0.3, -0.25) is 0 Å². The van der Waals surface area contributed by atoms with Crippen molar-refractivity contribution < 1.29 is 5.21 Å². The van der Waals surface area contributed by atoms with Gasteiger partial charge in [0.25, 0.3) is 0 Å². The third-order valence-corrected chi connectivity index (χ3v) is 1.97. The maximum Gasteiger partial charge on any atom is 0.225 e. The van der Waals surface area contributed by atoms with Gasteiger partial charge in [-0.25, -0.2) is 9.97 Å². The van der Waals surface area contributed by atoms with E-state index < -0.39 is 0 Å². The Bertz CT molecular complexity index is 375. The average molecular weight is 209 g/mol. The van der Waals surface area contributed by atoms with Crippen molar-refractivity contribution in [3.05, 3.63) is 17.5 Å². The van der Waals surface area contributed by atoms with Crippen LogP contribution in [0.3, 0.4) is 0 Å². The van der Waals surface area contributed by atoms with Crippen LogP contribution in [0.15, 0.2) is 11.4 Å². The first kappa shape index (κ1) is 11.2. The van der Waals surface area contributed by atoms with Gasteiger partial charge < -0.3 is 15.8 Å². The first-order chi connectivity index (χ1) is 7.10. The van der Waals surface area contributed by atoms with Crippen LogP contribution in [0, 0.1) is 0 Å². The Morgan fingerprint density at radius 2 is 2.27 bits per heavy atom. The molecule has 0 aliphatic carbocycles. The number of hydrogen-bond acceptors (Lipinski definition) is 5. The van der Waals surface area contributed by atoms with E-state index in [0.29, 0.717) is 17.9 Å². The minimum Gasteiger partial charge on any atom is -0.409 e. The minimum atomic E-state index is 0.0390. The summed E-state index contributed by atoms with van der Waals surface area (Å²) in [5, 5.41) is 11.5. The fraction of sp³-hybridized carbons (Fsp3) is 0.444. The molecule has 6 heteroatoms. The van der Waals surface area contributed by atoms with Crippen LogP contribution in [0.4, 0.5) is 5.95 Å². The van der Waals surface area contributed by atoms with E-state index in [0.717, 1.165) is 5.69 Å². The van der Waals surface area contributed by atoms with Gasteiger partial charge in [0, 0.05) is 20.3 Å². The maximum absolute atomic E-state index is 8.58. The number of nitrogens with zero attached hydrogens (tertiary/aromatic N) is 4. The summed E-state index contributed by atoms with van der Waals surface area (Å²) in [7, 11) is 3.72. The second kappa shape index (κ2) is 4.59. The molecule has 0 saturated carbocycles. The SMILES string of the molecule is CCc1nc(N(C)C)ncc1/C(N)=N\O. The summed E-state index contributed by atoms with van der Waals surface area (Å²) in [4.78, 5) is 10.2. The lowest BCUT2D eigenvalue weighted by atomic mass is 10.2. The molecule has 0 unspecified atom stereocenters. The topological polar surface area (TPSA) is 87.6 Å². The molecule has 0 amide bonds. The molecule has 6 nitrogen and oxygen atoms in total. The van der Waals surface area contributed by atoms with Crippen molar-refractivity contribution >= 4 is 11.8 Å². The van der Waals surface area contributed by atoms with Gasteiger partial charge >= 0.3 is 0 Å². The number of hydrogen-bond donors (Lipinski definition) is 2. The molecule has 0 aliphatic heterocycles. The summed E-state index contributed by atoms with van der Waals surface area (Å²) >= 11 is 0. The summed E-state index contributed by atoms with van der Waals surface area (Å²) in [5.74, 6) is 0.651. The third-order valence-electron chi connectivity index (χ3n) is 1.97. The summed E-state index contributed by atoms with van der Waals surface area (Å²) in [6.45, 7) is 1.95. The Balaban J connectivity index is 3.21. The molecule has 0 fully saturated rings. The van der Waals surface area contributed by atoms with Crippen molar-refractivity contribution in [3.8, 4) is 0 Å². The largest absolute Gasteiger partial charge is 0.409 e. The molecular weight excluding hydrogens is 194 g/mol. The average Bonchev–Trinajstić information content (AvgIpc) is 2.27. The van der Waals surface area contributed by atoms with Crippen LogP contribution in [-0.4, -0.2) is 35.1 Å². The number of amidine groups is 1. The van der Waals surface area contributed by atoms with E-state index in [-0.39, 0.29) is 5.84 Å². The molecule has 0 spiro atoms. The van der Waals surface area contributed by atoms with Gasteiger partial charge in [0.05, 0.1) is 11.3 Å². The fourth-order valence-electron chi connectivity index (χ4n) is 1.16. The van der Waals surface area contributed by atoms with E-state index in [1.165, 1.54) is 0 Å². The van der Waals surface area contributed by atoms with Crippen LogP contribution >= 0.6 is 0 Å². The van der Waals surface area contributed by atoms with Gasteiger partial charge in [-0.1, -0.05) is 12.1 Å². The smallest absolute Gasteiger partial charge is 0.225 e. The standard InChI is InChI=1S/C9H15N5O/c1-4-7-6(8(10)13-15)5-11-9(12-7)14(2)3/h5,15H,4H2,1-3H3,(H2,10,13). The normalized spacial score (nSPS) is 11.5. The molecule has 1 aromatic rings. The van der Waals surface area contributed by atoms with Gasteiger partial charge in [-0.15, -0.1) is 0 Å². The summed E-state index contributed by atoms with van der Waals surface area (Å²) in [6.07, 6.45) is 2.27. The molecule has 82 valence electrons. The Morgan fingerprint density at radius 1 is 1.60 bits per heavy atom. The molecule has 0 bridgehead atoms. The van der Waals surface area contributed by atoms with Crippen LogP contribution in [0.2, 0.25) is 0 Å². The van der Waals surface area contributed by atoms with E-state index in [2.05, 4.69) is 15.1 Å². The second-order valence-electron chi connectivity index (χ2n) is 3.26. The molecule has 1 aromatic heterocycles. The highest BCUT2D eigenvalue weighted by Gasteiger charge is 2.10. The van der Waals surface area contributed by atoms with Gasteiger partial charge in [-0.2, -0.15) is 0 Å². The third kappa shape index (κ3) is 2.34. The summed E-state index contributed by atoms with van der Waals surface area (Å²) in [6, 6.07) is 0. The van der Waals surface area contributed by atoms with Gasteiger partial charge in [0.15, 0.2) is 5.84 Å². The highest BCUT2D eigenvalue weighted by atomic mass is 16.4. The molecule has 0 aliphatic rings. The molecular formula is C9H15N5O. The second-order valence-corrected chi connectivity index (χ2v) is 3.26. The van der Waals surface area contributed by atoms with E-state index in [1.54, 1.807) is 11.1 Å². The Labute approximate surface area is 88.4 Å². The van der Waals surface area contributed by atoms with Crippen LogP contribution in [0.1, 0.15) is 18.2 Å². The summed E-state index contributed by atoms with van der Waals surface area (Å²) in [5.41, 5.74) is 6.85. The lowest BCUT2D eigenvalue weighted by Crippen LogP contribution is -2.20. The van der Waals surface area contributed by atoms with E-state index in [9.17, 15) is 0 Å². The molecule has 0 aromatic carbocycles. The highest BCUT2D eigenvalue weighted by molar-refractivity contribution is 5.97. The van der Waals surface area contributed by atoms with Crippen molar-refractivity contribution in [1.29, 1.82) is 0 Å². The Kier molecular flexibility index (Phi) is 3.43. The van der Waals surface area contributed by atoms with Crippen molar-refractivity contribution in [1.82, 2.24) is 9.97 Å². The Morgan fingerprint density at radius 3 is 2.73 bits per heavy atom. The van der Waals surface area contributed by atoms with E-state index >= 15 is 0 Å². The number of anilines is 1. The summed E-state index contributed by atoms with van der Waals surface area (Å²) < 4.78 is 0. The zero-order valence-electron chi connectivity index (χ0n) is 9.10. The van der Waals surface area contributed by atoms with Crippen LogP contribution in [0.5, 0.6) is 0 Å². The monoisotopic (exact) mass is 209 g/mol. The van der Waals surface area contributed by atoms with E-state index in [4.69, 9.17) is 10.9 Å². The van der Waals surface area contributed by atoms with Crippen molar-refractivity contribution in [2.45, 2.75) is 13.3 Å². The maximum atomic E-state index is 8.58. The number of nitrogens with two attached hydrogens (primary N) is 1. The molecule has 1 heterocycles. The molecule has 0 atom stereocenters. The predicted molar refractivity (Wildman–Crippen MR) is 58.2 cm³/mol. The zero-order chi connectivity index (χ0) is 11.4. The molecule has 0 radical (unpaired) electrons. The lowest BCUT2D eigenvalue weighted by molar-refractivity contribution is 0.318. The van der Waals surface area contributed by atoms with Gasteiger partial charge in [0.1, 0.15) is 0 Å². The van der Waals surface area contributed by atoms with Crippen molar-refractivity contribution in [3.63, 3.8) is 0 Å². The van der Waals surface area contributed by atoms with Crippen molar-refractivity contribution in [2.24, 2.45) is 10.9 Å². The van der Waals surface area contributed by atoms with Crippen LogP contribution in [-0.2, 0) is 6.42 Å². The highest BCUT2D eigenvalue weighted by Crippen LogP contribution is 2.10. The first-order valence-electron chi connectivity index (χ1n) is 4.61. The zero-order valence-corrected chi connectivity index (χ0v) is 9.10. The molecule has 1 rings (SSSR count). The first-order valence-corrected chi connectivity index (χ1v) is 4.61. The minimum absolute atomic E-state index is 0.0390. The lowest BCUT2D eigenvalue weighted by Gasteiger charge is -2.12. The number of oxime groups is 1. The molecule has 3 N–H and O–H groups in total. The van der Waals surface area contributed by atoms with E-state index in [1.807, 2.05) is 21.0 Å². The van der Waals surface area contributed by atoms with Crippen LogP contribution in [0.25, 0.3) is 0 Å². The number of aryl methyl sites for hydroxylation is 1. The van der Waals surface area contributed by atoms with Crippen LogP contribution < -0.4 is 10.6 Å². The predicted octanol–water partition coefficient (Wildman–Crippen LogP) is 0.200. The fourth-order valence-corrected chi connectivity index (χ4v) is 1.16. The molecule has 15 heavy (non-hydrogen) atoms. The quantitative estimate of drug-likeness (QED) is 0.321. The van der Waals surface area contributed by atoms with Crippen molar-refractivity contribution in [2.75, 3.05) is 19.0 Å². The number of rotatable bonds is 3. The van der Waals surface area contributed by atoms with Gasteiger partial charge in [-0.05, 0) is 6.42 Å². The molecule has 0 saturated heterocycles. The number of aromatic nitrogens is 2.